The maximum atomic E-state index is 8.63. The van der Waals surface area contributed by atoms with Crippen molar-refractivity contribution in [1.29, 1.82) is 0 Å². The Balaban J connectivity index is 0.000000249. The van der Waals surface area contributed by atoms with E-state index >= 15 is 0 Å². The second-order valence-corrected chi connectivity index (χ2v) is 12.2. The Kier molecular flexibility index (Phi) is 11.4. The monoisotopic (exact) mass is 661 g/mol. The van der Waals surface area contributed by atoms with E-state index in [9.17, 15) is 0 Å². The fraction of sp³-hybridized carbons (Fsp3) is 0.250. The molecule has 2 aromatic rings. The minimum Gasteiger partial charge on any atom is -0.508 e. The van der Waals surface area contributed by atoms with Gasteiger partial charge in [0.2, 0.25) is 0 Å². The van der Waals surface area contributed by atoms with Crippen LogP contribution in [0.3, 0.4) is 0 Å². The molecule has 0 bridgehead atoms. The molecule has 2 N–H and O–H groups in total. The van der Waals surface area contributed by atoms with E-state index in [1.54, 1.807) is 65.2 Å². The van der Waals surface area contributed by atoms with Gasteiger partial charge in [0, 0.05) is 25.8 Å². The van der Waals surface area contributed by atoms with Crippen molar-refractivity contribution in [3.8, 4) is 11.5 Å². The molecular weight excluding hydrogens is 623 g/mol. The fourth-order valence-electron chi connectivity index (χ4n) is 5.15. The third-order valence-electron chi connectivity index (χ3n) is 6.41. The van der Waals surface area contributed by atoms with Gasteiger partial charge >= 0.3 is 0 Å². The zero-order valence-electron chi connectivity index (χ0n) is 22.0. The van der Waals surface area contributed by atoms with Crippen molar-refractivity contribution in [3.63, 3.8) is 0 Å². The normalized spacial score (nSPS) is 18.7. The van der Waals surface area contributed by atoms with E-state index < -0.39 is 8.41 Å². The average Bonchev–Trinajstić information content (AvgIpc) is 3.37. The molecule has 0 fully saturated rings. The van der Waals surface area contributed by atoms with Crippen LogP contribution < -0.4 is 0 Å². The molecule has 2 nitrogen and oxygen atoms in total. The van der Waals surface area contributed by atoms with Gasteiger partial charge in [0.1, 0.15) is 11.5 Å². The van der Waals surface area contributed by atoms with Crippen molar-refractivity contribution in [2.45, 2.75) is 40.3 Å². The summed E-state index contributed by atoms with van der Waals surface area (Å²) in [5.74, 6) is 2.75. The first-order valence-corrected chi connectivity index (χ1v) is 14.7. The Morgan fingerprint density at radius 1 is 0.861 bits per heavy atom. The van der Waals surface area contributed by atoms with Gasteiger partial charge in [0.05, 0.1) is 0 Å². The molecule has 2 aromatic carbocycles. The maximum absolute atomic E-state index is 8.63. The number of phenolic OH excluding ortho intramolecular Hbond substituents is 2. The fourth-order valence-corrected chi connectivity index (χ4v) is 7.43. The molecule has 36 heavy (non-hydrogen) atoms. The summed E-state index contributed by atoms with van der Waals surface area (Å²) in [7, 11) is -0.475. The van der Waals surface area contributed by atoms with Crippen LogP contribution in [0.4, 0.5) is 0 Å². The quantitative estimate of drug-likeness (QED) is 0.242. The van der Waals surface area contributed by atoms with Crippen molar-refractivity contribution < 1.29 is 36.1 Å². The zero-order chi connectivity index (χ0) is 25.4. The summed E-state index contributed by atoms with van der Waals surface area (Å²) < 4.78 is 0. The van der Waals surface area contributed by atoms with E-state index in [2.05, 4.69) is 76.4 Å². The predicted octanol–water partition coefficient (Wildman–Crippen LogP) is 7.84. The van der Waals surface area contributed by atoms with Crippen molar-refractivity contribution in [3.05, 3.63) is 126 Å². The Hall–Kier alpha value is -2.43. The van der Waals surface area contributed by atoms with E-state index in [-0.39, 0.29) is 31.3 Å². The van der Waals surface area contributed by atoms with E-state index in [0.717, 1.165) is 6.42 Å². The van der Waals surface area contributed by atoms with Gasteiger partial charge in [-0.25, -0.2) is 0 Å². The standard InChI is InChI=1S/C20H25Si.2C6H6O.Hf/c1-14-10-6-9-13-16-17(14)19(21(4)5)20(2,3)18(16)15-11-7-8-12-15;2*7-6-4-2-1-3-5-6;/h6-11,13-14H,12H2,1-5H3;2*1-5,7H;/q-1;;;. The van der Waals surface area contributed by atoms with E-state index in [1.807, 2.05) is 12.1 Å². The smallest absolute Gasteiger partial charge is 0.115 e. The Morgan fingerprint density at radius 3 is 1.83 bits per heavy atom. The van der Waals surface area contributed by atoms with Crippen LogP contribution in [0.15, 0.2) is 120 Å². The van der Waals surface area contributed by atoms with Crippen LogP contribution >= 0.6 is 0 Å². The molecule has 0 amide bonds. The van der Waals surface area contributed by atoms with Gasteiger partial charge < -0.3 is 10.2 Å². The van der Waals surface area contributed by atoms with Gasteiger partial charge in [-0.15, -0.1) is 52.1 Å². The third kappa shape index (κ3) is 7.30. The number of benzene rings is 2. The number of rotatable bonds is 1. The molecule has 3 aliphatic rings. The maximum Gasteiger partial charge on any atom is 0.115 e. The molecule has 0 radical (unpaired) electrons. The molecule has 0 saturated heterocycles. The number of para-hydroxylation sites is 2. The van der Waals surface area contributed by atoms with Crippen molar-refractivity contribution in [2.75, 3.05) is 0 Å². The van der Waals surface area contributed by atoms with Crippen LogP contribution in [0.2, 0.25) is 13.1 Å². The molecule has 1 unspecified atom stereocenters. The van der Waals surface area contributed by atoms with Crippen molar-refractivity contribution in [1.82, 2.24) is 0 Å². The minimum atomic E-state index is -0.475. The van der Waals surface area contributed by atoms with Gasteiger partial charge in [-0.1, -0.05) is 88.5 Å². The first kappa shape index (κ1) is 29.8. The van der Waals surface area contributed by atoms with E-state index in [1.165, 1.54) is 11.1 Å². The second kappa shape index (κ2) is 13.8. The summed E-state index contributed by atoms with van der Waals surface area (Å²) in [5.41, 5.74) is 4.83. The number of phenols is 2. The third-order valence-corrected chi connectivity index (χ3v) is 8.31. The molecule has 0 heterocycles. The van der Waals surface area contributed by atoms with Gasteiger partial charge in [-0.3, -0.25) is 0 Å². The number of hydrogen-bond acceptors (Lipinski definition) is 2. The Bertz CT molecular complexity index is 1140. The van der Waals surface area contributed by atoms with E-state index in [0.29, 0.717) is 17.4 Å². The molecule has 0 aromatic heterocycles. The first-order chi connectivity index (χ1) is 16.7. The van der Waals surface area contributed by atoms with Crippen LogP contribution in [-0.2, 0) is 25.8 Å². The summed E-state index contributed by atoms with van der Waals surface area (Å²) in [6.07, 6.45) is 17.0. The molecule has 4 heteroatoms. The number of hydrogen-bond donors (Lipinski definition) is 2. The molecule has 1 atom stereocenters. The van der Waals surface area contributed by atoms with Crippen LogP contribution in [0, 0.1) is 17.3 Å². The molecule has 186 valence electrons. The van der Waals surface area contributed by atoms with E-state index in [4.69, 9.17) is 10.2 Å². The Morgan fingerprint density at radius 2 is 1.42 bits per heavy atom. The summed E-state index contributed by atoms with van der Waals surface area (Å²) in [6.45, 7) is 12.1. The molecule has 0 aliphatic heterocycles. The SMILES string of the molecule is CC1C=CC=CC2=C1C(=[Si](C)C)C(C)(C)[C-]2C1=CC=CC1.Oc1ccccc1.Oc1ccccc1.[Hf]. The largest absolute Gasteiger partial charge is 0.508 e. The van der Waals surface area contributed by atoms with Gasteiger partial charge in [0.25, 0.3) is 0 Å². The minimum absolute atomic E-state index is 0. The molecule has 3 aliphatic carbocycles. The van der Waals surface area contributed by atoms with Crippen LogP contribution in [-0.4, -0.2) is 23.8 Å². The van der Waals surface area contributed by atoms with Crippen LogP contribution in [0.1, 0.15) is 27.2 Å². The zero-order valence-corrected chi connectivity index (χ0v) is 26.6. The van der Waals surface area contributed by atoms with Crippen LogP contribution in [0.5, 0.6) is 11.5 Å². The van der Waals surface area contributed by atoms with Crippen molar-refractivity contribution >= 4 is 13.6 Å². The molecule has 0 spiro atoms. The summed E-state index contributed by atoms with van der Waals surface area (Å²) in [5, 5.41) is 19.0. The number of aromatic hydroxyl groups is 2. The van der Waals surface area contributed by atoms with Gasteiger partial charge in [-0.2, -0.15) is 0 Å². The second-order valence-electron chi connectivity index (χ2n) is 9.73. The summed E-state index contributed by atoms with van der Waals surface area (Å²) in [6, 6.07) is 17.4. The summed E-state index contributed by atoms with van der Waals surface area (Å²) >= 11 is 0. The molecule has 5 rings (SSSR count). The van der Waals surface area contributed by atoms with Gasteiger partial charge in [-0.05, 0) is 50.4 Å². The number of allylic oxidation sites excluding steroid dienone is 10. The predicted molar refractivity (Wildman–Crippen MR) is 152 cm³/mol. The molecular formula is C32H37HfO2Si-. The average molecular weight is 660 g/mol. The molecule has 0 saturated carbocycles. The van der Waals surface area contributed by atoms with Crippen molar-refractivity contribution in [2.24, 2.45) is 11.3 Å². The van der Waals surface area contributed by atoms with Gasteiger partial charge in [0.15, 0.2) is 0 Å². The topological polar surface area (TPSA) is 40.5 Å². The van der Waals surface area contributed by atoms with Crippen LogP contribution in [0.25, 0.3) is 0 Å². The first-order valence-electron chi connectivity index (χ1n) is 12.2. The Labute approximate surface area is 237 Å². The summed E-state index contributed by atoms with van der Waals surface area (Å²) in [4.78, 5) is 0.